The molecule has 6 nitrogen and oxygen atoms in total. The molecule has 1 aliphatic heterocycles. The molecular formula is C22H24N4O2S. The van der Waals surface area contributed by atoms with Gasteiger partial charge in [-0.15, -0.1) is 11.3 Å². The van der Waals surface area contributed by atoms with Gasteiger partial charge in [0.15, 0.2) is 0 Å². The largest absolute Gasteiger partial charge is 0.339 e. The number of aromatic nitrogens is 2. The number of nitrogens with zero attached hydrogens (tertiary/aromatic N) is 3. The zero-order valence-electron chi connectivity index (χ0n) is 16.4. The Balaban J connectivity index is 1.65. The standard InChI is InChI=1S/C22H24N4O2S/c1-3-20(27)25-11-6-7-16(10-12-25)26-18-9-5-4-8-17(18)23-22(26)24-21(28)19-13-15(2)14-29-19/h3-5,8-9,13-14,16H,1,6-7,10-12H2,2H3,(H,23,24,28)/t16-/m1/s1. The molecule has 0 bridgehead atoms. The number of amides is 2. The molecule has 1 atom stereocenters. The molecule has 0 radical (unpaired) electrons. The van der Waals surface area contributed by atoms with Crippen molar-refractivity contribution in [2.24, 2.45) is 0 Å². The highest BCUT2D eigenvalue weighted by Crippen LogP contribution is 2.31. The van der Waals surface area contributed by atoms with E-state index in [9.17, 15) is 9.59 Å². The molecule has 1 aliphatic rings. The maximum absolute atomic E-state index is 12.8. The van der Waals surface area contributed by atoms with Crippen molar-refractivity contribution in [1.82, 2.24) is 14.5 Å². The lowest BCUT2D eigenvalue weighted by Gasteiger charge is -2.21. The van der Waals surface area contributed by atoms with E-state index in [0.29, 0.717) is 17.4 Å². The fourth-order valence-electron chi connectivity index (χ4n) is 3.90. The van der Waals surface area contributed by atoms with Gasteiger partial charge in [-0.2, -0.15) is 0 Å². The Labute approximate surface area is 173 Å². The van der Waals surface area contributed by atoms with Crippen LogP contribution in [0.5, 0.6) is 0 Å². The molecule has 4 rings (SSSR count). The smallest absolute Gasteiger partial charge is 0.268 e. The molecule has 1 saturated heterocycles. The first-order valence-corrected chi connectivity index (χ1v) is 10.7. The molecule has 0 spiro atoms. The molecule has 2 aromatic heterocycles. The number of anilines is 1. The third-order valence-corrected chi connectivity index (χ3v) is 6.37. The summed E-state index contributed by atoms with van der Waals surface area (Å²) in [6, 6.07) is 9.97. The van der Waals surface area contributed by atoms with Crippen LogP contribution in [0, 0.1) is 6.92 Å². The lowest BCUT2D eigenvalue weighted by Crippen LogP contribution is -2.30. The topological polar surface area (TPSA) is 67.2 Å². The fraction of sp³-hybridized carbons (Fsp3) is 0.318. The van der Waals surface area contributed by atoms with E-state index in [2.05, 4.69) is 16.5 Å². The van der Waals surface area contributed by atoms with Crippen LogP contribution in [-0.4, -0.2) is 39.4 Å². The van der Waals surface area contributed by atoms with Crippen molar-refractivity contribution in [1.29, 1.82) is 0 Å². The average molecular weight is 409 g/mol. The molecule has 1 N–H and O–H groups in total. The van der Waals surface area contributed by atoms with E-state index in [1.807, 2.05) is 47.5 Å². The number of hydrogen-bond donors (Lipinski definition) is 1. The van der Waals surface area contributed by atoms with Crippen LogP contribution in [0.4, 0.5) is 5.95 Å². The van der Waals surface area contributed by atoms with Crippen LogP contribution in [0.3, 0.4) is 0 Å². The van der Waals surface area contributed by atoms with E-state index in [1.54, 1.807) is 0 Å². The molecule has 0 unspecified atom stereocenters. The van der Waals surface area contributed by atoms with Gasteiger partial charge in [-0.05, 0) is 61.4 Å². The maximum Gasteiger partial charge on any atom is 0.268 e. The highest BCUT2D eigenvalue weighted by atomic mass is 32.1. The molecular weight excluding hydrogens is 384 g/mol. The Morgan fingerprint density at radius 1 is 1.28 bits per heavy atom. The summed E-state index contributed by atoms with van der Waals surface area (Å²) >= 11 is 1.43. The molecule has 2 amide bonds. The molecule has 150 valence electrons. The summed E-state index contributed by atoms with van der Waals surface area (Å²) < 4.78 is 2.13. The van der Waals surface area contributed by atoms with Gasteiger partial charge < -0.3 is 9.47 Å². The molecule has 3 aromatic rings. The number of hydrogen-bond acceptors (Lipinski definition) is 4. The van der Waals surface area contributed by atoms with Crippen molar-refractivity contribution < 1.29 is 9.59 Å². The van der Waals surface area contributed by atoms with Crippen molar-refractivity contribution >= 4 is 40.1 Å². The lowest BCUT2D eigenvalue weighted by atomic mass is 10.1. The van der Waals surface area contributed by atoms with Crippen LogP contribution < -0.4 is 5.32 Å². The van der Waals surface area contributed by atoms with Gasteiger partial charge in [0.05, 0.1) is 15.9 Å². The number of carbonyl (C=O) groups is 2. The number of para-hydroxylation sites is 2. The third-order valence-electron chi connectivity index (χ3n) is 5.32. The van der Waals surface area contributed by atoms with Crippen LogP contribution >= 0.6 is 11.3 Å². The van der Waals surface area contributed by atoms with Crippen LogP contribution in [0.15, 0.2) is 48.4 Å². The molecule has 0 aliphatic carbocycles. The predicted molar refractivity (Wildman–Crippen MR) is 116 cm³/mol. The number of thiophene rings is 1. The Morgan fingerprint density at radius 3 is 2.86 bits per heavy atom. The van der Waals surface area contributed by atoms with E-state index in [1.165, 1.54) is 17.4 Å². The first-order valence-electron chi connectivity index (χ1n) is 9.81. The van der Waals surface area contributed by atoms with E-state index in [-0.39, 0.29) is 17.9 Å². The zero-order valence-corrected chi connectivity index (χ0v) is 17.2. The second-order valence-corrected chi connectivity index (χ2v) is 8.26. The first kappa shape index (κ1) is 19.4. The van der Waals surface area contributed by atoms with Gasteiger partial charge >= 0.3 is 0 Å². The zero-order chi connectivity index (χ0) is 20.4. The summed E-state index contributed by atoms with van der Waals surface area (Å²) in [7, 11) is 0. The minimum absolute atomic E-state index is 0.0252. The summed E-state index contributed by atoms with van der Waals surface area (Å²) in [6.45, 7) is 6.97. The van der Waals surface area contributed by atoms with E-state index in [4.69, 9.17) is 4.98 Å². The minimum atomic E-state index is -0.142. The van der Waals surface area contributed by atoms with E-state index in [0.717, 1.165) is 42.4 Å². The van der Waals surface area contributed by atoms with Gasteiger partial charge in [-0.25, -0.2) is 4.98 Å². The summed E-state index contributed by atoms with van der Waals surface area (Å²) in [5, 5.41) is 4.99. The highest BCUT2D eigenvalue weighted by Gasteiger charge is 2.25. The van der Waals surface area contributed by atoms with Crippen LogP contribution in [-0.2, 0) is 4.79 Å². The average Bonchev–Trinajstić information content (AvgIpc) is 3.22. The summed E-state index contributed by atoms with van der Waals surface area (Å²) in [5.74, 6) is 0.398. The number of imidazole rings is 1. The number of carbonyl (C=O) groups excluding carboxylic acids is 2. The first-order chi connectivity index (χ1) is 14.1. The summed E-state index contributed by atoms with van der Waals surface area (Å²) in [4.78, 5) is 32.0. The number of rotatable bonds is 4. The van der Waals surface area contributed by atoms with Crippen molar-refractivity contribution in [2.45, 2.75) is 32.2 Å². The van der Waals surface area contributed by atoms with Gasteiger partial charge in [-0.1, -0.05) is 18.7 Å². The number of fused-ring (bicyclic) bond motifs is 1. The molecule has 7 heteroatoms. The Bertz CT molecular complexity index is 1070. The number of nitrogens with one attached hydrogen (secondary N) is 1. The molecule has 1 fully saturated rings. The Kier molecular flexibility index (Phi) is 5.49. The number of likely N-dealkylation sites (tertiary alicyclic amines) is 1. The predicted octanol–water partition coefficient (Wildman–Crippen LogP) is 4.40. The van der Waals surface area contributed by atoms with Crippen molar-refractivity contribution in [3.05, 3.63) is 58.8 Å². The van der Waals surface area contributed by atoms with Crippen molar-refractivity contribution in [3.8, 4) is 0 Å². The number of benzene rings is 1. The molecule has 3 heterocycles. The van der Waals surface area contributed by atoms with Gasteiger partial charge in [0.25, 0.3) is 5.91 Å². The van der Waals surface area contributed by atoms with Crippen molar-refractivity contribution in [2.75, 3.05) is 18.4 Å². The third kappa shape index (κ3) is 3.96. The van der Waals surface area contributed by atoms with Crippen LogP contribution in [0.2, 0.25) is 0 Å². The summed E-state index contributed by atoms with van der Waals surface area (Å²) in [6.07, 6.45) is 4.00. The van der Waals surface area contributed by atoms with E-state index >= 15 is 0 Å². The van der Waals surface area contributed by atoms with Crippen LogP contribution in [0.25, 0.3) is 11.0 Å². The number of aryl methyl sites for hydroxylation is 1. The normalized spacial score (nSPS) is 17.1. The highest BCUT2D eigenvalue weighted by molar-refractivity contribution is 7.12. The molecule has 0 saturated carbocycles. The maximum atomic E-state index is 12.8. The SMILES string of the molecule is C=CC(=O)N1CCC[C@@H](n2c(NC(=O)c3cc(C)cs3)nc3ccccc32)CC1. The second kappa shape index (κ2) is 8.21. The Hall–Kier alpha value is -2.93. The quantitative estimate of drug-likeness (QED) is 0.651. The van der Waals surface area contributed by atoms with Crippen LogP contribution in [0.1, 0.15) is 40.5 Å². The minimum Gasteiger partial charge on any atom is -0.339 e. The summed E-state index contributed by atoms with van der Waals surface area (Å²) in [5.41, 5.74) is 2.93. The van der Waals surface area contributed by atoms with E-state index < -0.39 is 0 Å². The van der Waals surface area contributed by atoms with Gasteiger partial charge in [0, 0.05) is 19.1 Å². The fourth-order valence-corrected chi connectivity index (χ4v) is 4.70. The molecule has 1 aromatic carbocycles. The lowest BCUT2D eigenvalue weighted by molar-refractivity contribution is -0.125. The Morgan fingerprint density at radius 2 is 2.10 bits per heavy atom. The van der Waals surface area contributed by atoms with Crippen molar-refractivity contribution in [3.63, 3.8) is 0 Å². The molecule has 29 heavy (non-hydrogen) atoms. The monoisotopic (exact) mass is 408 g/mol. The van der Waals surface area contributed by atoms with Gasteiger partial charge in [0.2, 0.25) is 11.9 Å². The second-order valence-electron chi connectivity index (χ2n) is 7.35. The van der Waals surface area contributed by atoms with Gasteiger partial charge in [0.1, 0.15) is 0 Å². The van der Waals surface area contributed by atoms with Gasteiger partial charge in [-0.3, -0.25) is 14.9 Å².